The van der Waals surface area contributed by atoms with Gasteiger partial charge < -0.3 is 0 Å². The standard InChI is InChI=1S/C26H31N3O2/c1-3-21(26(27-4-2)23-8-6-5-7-9-23)14-16-29-17-15-22-12-10-20(18-24(22)19-29)11-13-25(30)28-31/h3,5-13,18,31H,4,14-17,19H2,1-2H3,(H,28,30)/b13-11+,21-3-,27-26?. The first-order chi connectivity index (χ1) is 15.1. The minimum absolute atomic E-state index is 0.527. The highest BCUT2D eigenvalue weighted by Crippen LogP contribution is 2.22. The van der Waals surface area contributed by atoms with Crippen molar-refractivity contribution in [3.05, 3.63) is 88.5 Å². The lowest BCUT2D eigenvalue weighted by atomic mass is 9.95. The van der Waals surface area contributed by atoms with E-state index in [0.717, 1.165) is 50.3 Å². The first kappa shape index (κ1) is 22.7. The molecular formula is C26H31N3O2. The third kappa shape index (κ3) is 6.23. The zero-order valence-electron chi connectivity index (χ0n) is 18.3. The molecule has 2 N–H and O–H groups in total. The van der Waals surface area contributed by atoms with Crippen molar-refractivity contribution in [3.63, 3.8) is 0 Å². The third-order valence-corrected chi connectivity index (χ3v) is 5.57. The van der Waals surface area contributed by atoms with Gasteiger partial charge in [0, 0.05) is 32.3 Å². The van der Waals surface area contributed by atoms with E-state index in [9.17, 15) is 4.79 Å². The summed E-state index contributed by atoms with van der Waals surface area (Å²) in [6.45, 7) is 7.85. The number of carbonyl (C=O) groups is 1. The van der Waals surface area contributed by atoms with E-state index >= 15 is 0 Å². The predicted octanol–water partition coefficient (Wildman–Crippen LogP) is 4.41. The van der Waals surface area contributed by atoms with Crippen molar-refractivity contribution < 1.29 is 10.0 Å². The van der Waals surface area contributed by atoms with Crippen molar-refractivity contribution in [1.29, 1.82) is 0 Å². The molecule has 1 amide bonds. The van der Waals surface area contributed by atoms with Crippen LogP contribution in [0, 0.1) is 0 Å². The average Bonchev–Trinajstić information content (AvgIpc) is 2.82. The molecule has 1 aliphatic rings. The Hall–Kier alpha value is -3.02. The minimum Gasteiger partial charge on any atom is -0.298 e. The molecule has 162 valence electrons. The van der Waals surface area contributed by atoms with Crippen molar-refractivity contribution in [3.8, 4) is 0 Å². The van der Waals surface area contributed by atoms with E-state index in [0.29, 0.717) is 0 Å². The Morgan fingerprint density at radius 2 is 2.00 bits per heavy atom. The summed E-state index contributed by atoms with van der Waals surface area (Å²) in [6.07, 6.45) is 7.22. The van der Waals surface area contributed by atoms with Crippen LogP contribution in [0.2, 0.25) is 0 Å². The van der Waals surface area contributed by atoms with Crippen LogP contribution in [0.4, 0.5) is 0 Å². The molecule has 0 saturated carbocycles. The highest BCUT2D eigenvalue weighted by atomic mass is 16.5. The quantitative estimate of drug-likeness (QED) is 0.289. The molecule has 0 aliphatic carbocycles. The number of allylic oxidation sites excluding steroid dienone is 1. The molecule has 0 saturated heterocycles. The molecule has 1 heterocycles. The van der Waals surface area contributed by atoms with Crippen LogP contribution >= 0.6 is 0 Å². The summed E-state index contributed by atoms with van der Waals surface area (Å²) in [5, 5.41) is 8.64. The van der Waals surface area contributed by atoms with Gasteiger partial charge in [-0.2, -0.15) is 0 Å². The predicted molar refractivity (Wildman–Crippen MR) is 126 cm³/mol. The fraction of sp³-hybridized carbons (Fsp3) is 0.308. The molecule has 0 spiro atoms. The number of carbonyl (C=O) groups excluding carboxylic acids is 1. The van der Waals surface area contributed by atoms with E-state index in [1.54, 1.807) is 11.6 Å². The van der Waals surface area contributed by atoms with Crippen molar-refractivity contribution >= 4 is 17.7 Å². The summed E-state index contributed by atoms with van der Waals surface area (Å²) in [4.78, 5) is 18.5. The lowest BCUT2D eigenvalue weighted by Gasteiger charge is -2.29. The van der Waals surface area contributed by atoms with Crippen LogP contribution in [0.15, 0.2) is 71.2 Å². The van der Waals surface area contributed by atoms with E-state index in [1.807, 2.05) is 12.1 Å². The molecule has 0 atom stereocenters. The maximum atomic E-state index is 11.2. The number of fused-ring (bicyclic) bond motifs is 1. The van der Waals surface area contributed by atoms with E-state index in [-0.39, 0.29) is 0 Å². The number of hydroxylamine groups is 1. The second-order valence-electron chi connectivity index (χ2n) is 7.62. The van der Waals surface area contributed by atoms with Gasteiger partial charge in [-0.15, -0.1) is 0 Å². The molecule has 5 heteroatoms. The van der Waals surface area contributed by atoms with Crippen molar-refractivity contribution in [2.45, 2.75) is 33.2 Å². The Morgan fingerprint density at radius 1 is 1.19 bits per heavy atom. The van der Waals surface area contributed by atoms with Gasteiger partial charge in [-0.3, -0.25) is 19.9 Å². The van der Waals surface area contributed by atoms with Crippen LogP contribution in [0.1, 0.15) is 42.5 Å². The zero-order valence-corrected chi connectivity index (χ0v) is 18.3. The van der Waals surface area contributed by atoms with Gasteiger partial charge in [-0.1, -0.05) is 54.6 Å². The fourth-order valence-corrected chi connectivity index (χ4v) is 3.95. The van der Waals surface area contributed by atoms with E-state index in [4.69, 9.17) is 10.2 Å². The smallest absolute Gasteiger partial charge is 0.267 e. The van der Waals surface area contributed by atoms with Crippen LogP contribution in [0.5, 0.6) is 0 Å². The number of amides is 1. The van der Waals surface area contributed by atoms with Crippen molar-refractivity contribution in [1.82, 2.24) is 10.4 Å². The van der Waals surface area contributed by atoms with E-state index in [2.05, 4.69) is 61.2 Å². The minimum atomic E-state index is -0.527. The molecule has 2 aromatic rings. The van der Waals surface area contributed by atoms with Gasteiger partial charge in [0.05, 0.1) is 5.71 Å². The molecule has 0 radical (unpaired) electrons. The summed E-state index contributed by atoms with van der Waals surface area (Å²) < 4.78 is 0. The molecule has 2 aromatic carbocycles. The SMILES string of the molecule is C/C=C(/CCN1CCc2ccc(/C=C/C(=O)NO)cc2C1)C(=NCC)c1ccccc1. The van der Waals surface area contributed by atoms with Crippen LogP contribution in [0.25, 0.3) is 6.08 Å². The summed E-state index contributed by atoms with van der Waals surface area (Å²) in [6, 6.07) is 16.7. The van der Waals surface area contributed by atoms with Crippen LogP contribution in [0.3, 0.4) is 0 Å². The number of rotatable bonds is 8. The average molecular weight is 418 g/mol. The molecule has 0 aromatic heterocycles. The summed E-state index contributed by atoms with van der Waals surface area (Å²) in [5.74, 6) is -0.527. The molecule has 3 rings (SSSR count). The largest absolute Gasteiger partial charge is 0.298 e. The zero-order chi connectivity index (χ0) is 22.1. The van der Waals surface area contributed by atoms with Gasteiger partial charge in [-0.25, -0.2) is 5.48 Å². The van der Waals surface area contributed by atoms with Crippen molar-refractivity contribution in [2.75, 3.05) is 19.6 Å². The summed E-state index contributed by atoms with van der Waals surface area (Å²) >= 11 is 0. The van der Waals surface area contributed by atoms with Crippen LogP contribution in [-0.4, -0.2) is 41.4 Å². The number of nitrogens with one attached hydrogen (secondary N) is 1. The summed E-state index contributed by atoms with van der Waals surface area (Å²) in [7, 11) is 0. The maximum Gasteiger partial charge on any atom is 0.267 e. The Morgan fingerprint density at radius 3 is 2.71 bits per heavy atom. The maximum absolute atomic E-state index is 11.2. The molecular weight excluding hydrogens is 386 g/mol. The third-order valence-electron chi connectivity index (χ3n) is 5.57. The number of benzene rings is 2. The van der Waals surface area contributed by atoms with E-state index < -0.39 is 5.91 Å². The number of hydrogen-bond acceptors (Lipinski definition) is 4. The second-order valence-corrected chi connectivity index (χ2v) is 7.62. The van der Waals surface area contributed by atoms with Gasteiger partial charge in [0.1, 0.15) is 0 Å². The lowest BCUT2D eigenvalue weighted by Crippen LogP contribution is -2.32. The van der Waals surface area contributed by atoms with Gasteiger partial charge in [0.15, 0.2) is 0 Å². The van der Waals surface area contributed by atoms with Crippen molar-refractivity contribution in [2.24, 2.45) is 4.99 Å². The monoisotopic (exact) mass is 417 g/mol. The molecule has 1 aliphatic heterocycles. The van der Waals surface area contributed by atoms with E-state index in [1.165, 1.54) is 28.3 Å². The molecule has 0 bridgehead atoms. The number of aliphatic imine (C=N–C) groups is 1. The number of hydrogen-bond donors (Lipinski definition) is 2. The molecule has 0 unspecified atom stereocenters. The molecule has 31 heavy (non-hydrogen) atoms. The fourth-order valence-electron chi connectivity index (χ4n) is 3.95. The summed E-state index contributed by atoms with van der Waals surface area (Å²) in [5.41, 5.74) is 8.79. The van der Waals surface area contributed by atoms with Gasteiger partial charge in [-0.05, 0) is 60.6 Å². The highest BCUT2D eigenvalue weighted by Gasteiger charge is 2.17. The Bertz CT molecular complexity index is 977. The second kappa shape index (κ2) is 11.4. The Labute approximate surface area is 184 Å². The van der Waals surface area contributed by atoms with Crippen LogP contribution in [-0.2, 0) is 17.8 Å². The topological polar surface area (TPSA) is 64.9 Å². The Kier molecular flexibility index (Phi) is 8.33. The normalized spacial score (nSPS) is 15.2. The molecule has 0 fully saturated rings. The van der Waals surface area contributed by atoms with Gasteiger partial charge >= 0.3 is 0 Å². The Balaban J connectivity index is 1.67. The molecule has 5 nitrogen and oxygen atoms in total. The lowest BCUT2D eigenvalue weighted by molar-refractivity contribution is -0.124. The van der Waals surface area contributed by atoms with Gasteiger partial charge in [0.2, 0.25) is 0 Å². The number of nitrogens with zero attached hydrogens (tertiary/aromatic N) is 2. The van der Waals surface area contributed by atoms with Gasteiger partial charge in [0.25, 0.3) is 5.91 Å². The highest BCUT2D eigenvalue weighted by molar-refractivity contribution is 6.12. The van der Waals surface area contributed by atoms with Crippen LogP contribution < -0.4 is 5.48 Å². The first-order valence-corrected chi connectivity index (χ1v) is 10.9. The first-order valence-electron chi connectivity index (χ1n) is 10.9.